The molecule has 0 aromatic rings. The van der Waals surface area contributed by atoms with E-state index in [1.54, 1.807) is 4.90 Å². The molecule has 0 saturated carbocycles. The number of carbonyl (C=O) groups is 1. The number of alkyl halides is 1. The summed E-state index contributed by atoms with van der Waals surface area (Å²) in [5.41, 5.74) is 0. The fraction of sp³-hybridized carbons (Fsp3) is 0.909. The van der Waals surface area contributed by atoms with Gasteiger partial charge in [0.1, 0.15) is 0 Å². The van der Waals surface area contributed by atoms with Gasteiger partial charge < -0.3 is 4.90 Å². The molecule has 0 aliphatic heterocycles. The van der Waals surface area contributed by atoms with Gasteiger partial charge in [-0.05, 0) is 19.8 Å². The summed E-state index contributed by atoms with van der Waals surface area (Å²) >= 11 is 5.82. The van der Waals surface area contributed by atoms with Gasteiger partial charge in [-0.25, -0.2) is 0 Å². The van der Waals surface area contributed by atoms with Crippen molar-refractivity contribution in [3.8, 4) is 0 Å². The van der Waals surface area contributed by atoms with Crippen LogP contribution in [0.2, 0.25) is 0 Å². The summed E-state index contributed by atoms with van der Waals surface area (Å²) < 4.78 is 0. The summed E-state index contributed by atoms with van der Waals surface area (Å²) in [6.45, 7) is 4.87. The van der Waals surface area contributed by atoms with Gasteiger partial charge in [0.15, 0.2) is 0 Å². The minimum absolute atomic E-state index is 0.154. The quantitative estimate of drug-likeness (QED) is 0.476. The number of carbonyl (C=O) groups excluding carboxylic acids is 1. The molecule has 1 atom stereocenters. The number of unbranched alkanes of at least 4 members (excludes halogenated alkanes) is 2. The van der Waals surface area contributed by atoms with E-state index in [2.05, 4.69) is 6.92 Å². The van der Waals surface area contributed by atoms with Crippen molar-refractivity contribution in [1.29, 1.82) is 0 Å². The van der Waals surface area contributed by atoms with E-state index in [0.717, 1.165) is 32.2 Å². The van der Waals surface area contributed by atoms with Crippen LogP contribution < -0.4 is 0 Å². The summed E-state index contributed by atoms with van der Waals surface area (Å²) in [5.74, 6) is 0.246. The lowest BCUT2D eigenvalue weighted by molar-refractivity contribution is -0.130. The monoisotopic (exact) mass is 219 g/mol. The summed E-state index contributed by atoms with van der Waals surface area (Å²) in [6.07, 6.45) is 4.87. The van der Waals surface area contributed by atoms with Gasteiger partial charge in [0.2, 0.25) is 5.91 Å². The molecular formula is C11H22ClNO. The standard InChI is InChI=1S/C11H22ClNO/c1-4-5-6-7-11(14)13(3)9-8-10(2)12/h10H,4-9H2,1-3H3. The molecule has 2 nitrogen and oxygen atoms in total. The van der Waals surface area contributed by atoms with Crippen molar-refractivity contribution in [3.63, 3.8) is 0 Å². The Morgan fingerprint density at radius 1 is 1.43 bits per heavy atom. The Hall–Kier alpha value is -0.240. The fourth-order valence-corrected chi connectivity index (χ4v) is 1.31. The first-order valence-corrected chi connectivity index (χ1v) is 5.89. The van der Waals surface area contributed by atoms with Crippen LogP contribution in [0.15, 0.2) is 0 Å². The largest absolute Gasteiger partial charge is 0.346 e. The van der Waals surface area contributed by atoms with Gasteiger partial charge in [-0.15, -0.1) is 11.6 Å². The normalized spacial score (nSPS) is 12.6. The summed E-state index contributed by atoms with van der Waals surface area (Å²) in [7, 11) is 1.85. The highest BCUT2D eigenvalue weighted by atomic mass is 35.5. The van der Waals surface area contributed by atoms with Crippen LogP contribution in [-0.4, -0.2) is 29.8 Å². The first-order valence-electron chi connectivity index (χ1n) is 5.46. The van der Waals surface area contributed by atoms with Crippen LogP contribution in [0.3, 0.4) is 0 Å². The minimum Gasteiger partial charge on any atom is -0.346 e. The van der Waals surface area contributed by atoms with Gasteiger partial charge in [-0.1, -0.05) is 19.8 Å². The fourth-order valence-electron chi connectivity index (χ4n) is 1.21. The molecule has 0 aliphatic carbocycles. The Balaban J connectivity index is 3.54. The number of nitrogens with zero attached hydrogens (tertiary/aromatic N) is 1. The van der Waals surface area contributed by atoms with Crippen molar-refractivity contribution in [2.75, 3.05) is 13.6 Å². The number of halogens is 1. The Morgan fingerprint density at radius 3 is 2.57 bits per heavy atom. The summed E-state index contributed by atoms with van der Waals surface area (Å²) in [5, 5.41) is 0.154. The number of hydrogen-bond acceptors (Lipinski definition) is 1. The molecule has 0 radical (unpaired) electrons. The number of hydrogen-bond donors (Lipinski definition) is 0. The summed E-state index contributed by atoms with van der Waals surface area (Å²) in [4.78, 5) is 13.3. The van der Waals surface area contributed by atoms with E-state index in [4.69, 9.17) is 11.6 Å². The highest BCUT2D eigenvalue weighted by molar-refractivity contribution is 6.20. The van der Waals surface area contributed by atoms with E-state index in [-0.39, 0.29) is 11.3 Å². The summed E-state index contributed by atoms with van der Waals surface area (Å²) in [6, 6.07) is 0. The molecule has 0 aromatic carbocycles. The number of rotatable bonds is 7. The van der Waals surface area contributed by atoms with Gasteiger partial charge >= 0.3 is 0 Å². The maximum absolute atomic E-state index is 11.5. The lowest BCUT2D eigenvalue weighted by Crippen LogP contribution is -2.28. The first kappa shape index (κ1) is 13.8. The lowest BCUT2D eigenvalue weighted by atomic mass is 10.2. The van der Waals surface area contributed by atoms with E-state index in [9.17, 15) is 4.79 Å². The number of amides is 1. The highest BCUT2D eigenvalue weighted by Crippen LogP contribution is 2.05. The zero-order chi connectivity index (χ0) is 11.0. The Kier molecular flexibility index (Phi) is 7.96. The maximum Gasteiger partial charge on any atom is 0.222 e. The lowest BCUT2D eigenvalue weighted by Gasteiger charge is -2.17. The third kappa shape index (κ3) is 7.19. The van der Waals surface area contributed by atoms with Crippen molar-refractivity contribution in [3.05, 3.63) is 0 Å². The Bertz CT molecular complexity index is 159. The molecule has 0 heterocycles. The van der Waals surface area contributed by atoms with Crippen molar-refractivity contribution < 1.29 is 4.79 Å². The van der Waals surface area contributed by atoms with Crippen molar-refractivity contribution >= 4 is 17.5 Å². The molecule has 0 fully saturated rings. The molecule has 84 valence electrons. The molecule has 1 amide bonds. The molecule has 1 unspecified atom stereocenters. The zero-order valence-electron chi connectivity index (χ0n) is 9.55. The van der Waals surface area contributed by atoms with Crippen LogP contribution in [-0.2, 0) is 4.79 Å². The van der Waals surface area contributed by atoms with Gasteiger partial charge in [0, 0.05) is 25.4 Å². The molecular weight excluding hydrogens is 198 g/mol. The molecule has 0 N–H and O–H groups in total. The Labute approximate surface area is 92.6 Å². The van der Waals surface area contributed by atoms with Gasteiger partial charge in [-0.2, -0.15) is 0 Å². The first-order chi connectivity index (χ1) is 6.57. The third-order valence-corrected chi connectivity index (χ3v) is 2.50. The van der Waals surface area contributed by atoms with Crippen LogP contribution in [0.4, 0.5) is 0 Å². The van der Waals surface area contributed by atoms with Crippen LogP contribution in [0, 0.1) is 0 Å². The molecule has 0 aliphatic rings. The molecule has 0 rings (SSSR count). The van der Waals surface area contributed by atoms with Gasteiger partial charge in [-0.3, -0.25) is 4.79 Å². The second-order valence-electron chi connectivity index (χ2n) is 3.84. The van der Waals surface area contributed by atoms with E-state index >= 15 is 0 Å². The van der Waals surface area contributed by atoms with Crippen molar-refractivity contribution in [2.24, 2.45) is 0 Å². The predicted octanol–water partition coefficient (Wildman–Crippen LogP) is 3.04. The molecule has 0 bridgehead atoms. The van der Waals surface area contributed by atoms with E-state index < -0.39 is 0 Å². The van der Waals surface area contributed by atoms with Gasteiger partial charge in [0.25, 0.3) is 0 Å². The average Bonchev–Trinajstić information content (AvgIpc) is 2.14. The predicted molar refractivity (Wildman–Crippen MR) is 61.7 cm³/mol. The molecule has 0 aromatic heterocycles. The molecule has 14 heavy (non-hydrogen) atoms. The van der Waals surface area contributed by atoms with E-state index in [0.29, 0.717) is 6.42 Å². The smallest absolute Gasteiger partial charge is 0.222 e. The van der Waals surface area contributed by atoms with E-state index in [1.807, 2.05) is 14.0 Å². The average molecular weight is 220 g/mol. The van der Waals surface area contributed by atoms with Gasteiger partial charge in [0.05, 0.1) is 0 Å². The highest BCUT2D eigenvalue weighted by Gasteiger charge is 2.08. The molecule has 0 spiro atoms. The van der Waals surface area contributed by atoms with Crippen molar-refractivity contribution in [2.45, 2.75) is 51.3 Å². The van der Waals surface area contributed by atoms with Crippen LogP contribution in [0.1, 0.15) is 46.0 Å². The Morgan fingerprint density at radius 2 is 2.07 bits per heavy atom. The second kappa shape index (κ2) is 8.10. The topological polar surface area (TPSA) is 20.3 Å². The van der Waals surface area contributed by atoms with Crippen LogP contribution >= 0.6 is 11.6 Å². The molecule has 3 heteroatoms. The SMILES string of the molecule is CCCCCC(=O)N(C)CCC(C)Cl. The second-order valence-corrected chi connectivity index (χ2v) is 4.59. The maximum atomic E-state index is 11.5. The zero-order valence-corrected chi connectivity index (χ0v) is 10.3. The third-order valence-electron chi connectivity index (χ3n) is 2.28. The van der Waals surface area contributed by atoms with Crippen LogP contribution in [0.25, 0.3) is 0 Å². The van der Waals surface area contributed by atoms with E-state index in [1.165, 1.54) is 0 Å². The van der Waals surface area contributed by atoms with Crippen molar-refractivity contribution in [1.82, 2.24) is 4.90 Å². The van der Waals surface area contributed by atoms with Crippen LogP contribution in [0.5, 0.6) is 0 Å². The minimum atomic E-state index is 0.154. The molecule has 0 saturated heterocycles.